The van der Waals surface area contributed by atoms with E-state index in [4.69, 9.17) is 4.98 Å². The number of thiophene rings is 1. The minimum Gasteiger partial charge on any atom is -0.302 e. The molecule has 0 N–H and O–H groups in total. The van der Waals surface area contributed by atoms with Gasteiger partial charge in [-0.1, -0.05) is 62.4 Å². The Hall–Kier alpha value is -2.76. The molecule has 0 saturated heterocycles. The highest BCUT2D eigenvalue weighted by atomic mass is 32.1. The standard InChI is InChI=1S/C26H29N3OS/c1-5-28(6-2)14-15-29-24(20-10-8-7-9-11-20)27-25-23(26(29)30)22(17-31-25)21-13-12-18(3)19(4)16-21/h7-13,16-17H,5-6,14-15H2,1-4H3. The number of hydrogen-bond donors (Lipinski definition) is 0. The summed E-state index contributed by atoms with van der Waals surface area (Å²) < 4.78 is 1.87. The van der Waals surface area contributed by atoms with Crippen LogP contribution < -0.4 is 5.56 Å². The van der Waals surface area contributed by atoms with Gasteiger partial charge in [-0.2, -0.15) is 0 Å². The summed E-state index contributed by atoms with van der Waals surface area (Å²) in [6.45, 7) is 11.9. The number of hydrogen-bond acceptors (Lipinski definition) is 4. The molecule has 0 aliphatic carbocycles. The van der Waals surface area contributed by atoms with Crippen molar-refractivity contribution < 1.29 is 0 Å². The van der Waals surface area contributed by atoms with Gasteiger partial charge >= 0.3 is 0 Å². The molecule has 2 aromatic carbocycles. The third-order valence-electron chi connectivity index (χ3n) is 6.08. The highest BCUT2D eigenvalue weighted by Gasteiger charge is 2.18. The second-order valence-corrected chi connectivity index (χ2v) is 8.77. The number of benzene rings is 2. The summed E-state index contributed by atoms with van der Waals surface area (Å²) in [5.41, 5.74) is 5.57. The minimum absolute atomic E-state index is 0.0467. The molecule has 0 saturated carbocycles. The van der Waals surface area contributed by atoms with Crippen molar-refractivity contribution >= 4 is 21.6 Å². The van der Waals surface area contributed by atoms with Crippen LogP contribution in [0.15, 0.2) is 58.7 Å². The van der Waals surface area contributed by atoms with E-state index >= 15 is 0 Å². The summed E-state index contributed by atoms with van der Waals surface area (Å²) in [5, 5.41) is 2.81. The molecule has 0 fully saturated rings. The van der Waals surface area contributed by atoms with Gasteiger partial charge in [0.2, 0.25) is 0 Å². The van der Waals surface area contributed by atoms with Crippen molar-refractivity contribution in [3.63, 3.8) is 0 Å². The molecule has 0 unspecified atom stereocenters. The fourth-order valence-corrected chi connectivity index (χ4v) is 4.88. The van der Waals surface area contributed by atoms with E-state index in [9.17, 15) is 4.79 Å². The predicted molar refractivity (Wildman–Crippen MR) is 132 cm³/mol. The minimum atomic E-state index is 0.0467. The van der Waals surface area contributed by atoms with Crippen LogP contribution in [0.3, 0.4) is 0 Å². The number of aromatic nitrogens is 2. The second-order valence-electron chi connectivity index (χ2n) is 7.91. The van der Waals surface area contributed by atoms with Gasteiger partial charge in [0.1, 0.15) is 10.7 Å². The summed E-state index contributed by atoms with van der Waals surface area (Å²) in [6.07, 6.45) is 0. The molecule has 160 valence electrons. The lowest BCUT2D eigenvalue weighted by Gasteiger charge is -2.20. The Labute approximate surface area is 187 Å². The lowest BCUT2D eigenvalue weighted by Crippen LogP contribution is -2.32. The van der Waals surface area contributed by atoms with E-state index < -0.39 is 0 Å². The molecule has 0 amide bonds. The first-order valence-electron chi connectivity index (χ1n) is 10.9. The van der Waals surface area contributed by atoms with Crippen LogP contribution in [0.2, 0.25) is 0 Å². The third-order valence-corrected chi connectivity index (χ3v) is 6.95. The van der Waals surface area contributed by atoms with E-state index in [0.717, 1.165) is 52.4 Å². The maximum Gasteiger partial charge on any atom is 0.263 e. The number of likely N-dealkylation sites (N-methyl/N-ethyl adjacent to an activating group) is 1. The number of aryl methyl sites for hydroxylation is 2. The zero-order chi connectivity index (χ0) is 22.0. The average molecular weight is 432 g/mol. The van der Waals surface area contributed by atoms with Gasteiger partial charge in [0, 0.05) is 29.6 Å². The summed E-state index contributed by atoms with van der Waals surface area (Å²) in [6, 6.07) is 16.4. The van der Waals surface area contributed by atoms with E-state index in [-0.39, 0.29) is 5.56 Å². The molecular weight excluding hydrogens is 402 g/mol. The topological polar surface area (TPSA) is 38.1 Å². The molecule has 4 aromatic rings. The highest BCUT2D eigenvalue weighted by molar-refractivity contribution is 7.17. The highest BCUT2D eigenvalue weighted by Crippen LogP contribution is 2.33. The first-order chi connectivity index (χ1) is 15.0. The third kappa shape index (κ3) is 4.21. The Morgan fingerprint density at radius 2 is 1.71 bits per heavy atom. The summed E-state index contributed by atoms with van der Waals surface area (Å²) in [5.74, 6) is 0.749. The van der Waals surface area contributed by atoms with Crippen molar-refractivity contribution in [1.29, 1.82) is 0 Å². The van der Waals surface area contributed by atoms with Crippen LogP contribution in [0.4, 0.5) is 0 Å². The molecule has 0 bridgehead atoms. The lowest BCUT2D eigenvalue weighted by atomic mass is 10.0. The Kier molecular flexibility index (Phi) is 6.35. The SMILES string of the molecule is CCN(CC)CCn1c(-c2ccccc2)nc2scc(-c3ccc(C)c(C)c3)c2c1=O. The number of rotatable bonds is 7. The van der Waals surface area contributed by atoms with Crippen LogP contribution in [0.25, 0.3) is 32.7 Å². The van der Waals surface area contributed by atoms with Crippen LogP contribution in [0, 0.1) is 13.8 Å². The predicted octanol–water partition coefficient (Wildman–Crippen LogP) is 5.75. The number of fused-ring (bicyclic) bond motifs is 1. The molecule has 0 spiro atoms. The Morgan fingerprint density at radius 1 is 0.968 bits per heavy atom. The second kappa shape index (κ2) is 9.16. The first kappa shape index (κ1) is 21.5. The molecule has 2 heterocycles. The maximum absolute atomic E-state index is 13.8. The maximum atomic E-state index is 13.8. The Balaban J connectivity index is 1.91. The van der Waals surface area contributed by atoms with Gasteiger partial charge in [-0.25, -0.2) is 4.98 Å². The van der Waals surface area contributed by atoms with Gasteiger partial charge in [0.15, 0.2) is 0 Å². The summed E-state index contributed by atoms with van der Waals surface area (Å²) >= 11 is 1.55. The van der Waals surface area contributed by atoms with Crippen LogP contribution in [-0.2, 0) is 6.54 Å². The Morgan fingerprint density at radius 3 is 2.39 bits per heavy atom. The monoisotopic (exact) mass is 431 g/mol. The van der Waals surface area contributed by atoms with Crippen molar-refractivity contribution in [3.8, 4) is 22.5 Å². The zero-order valence-corrected chi connectivity index (χ0v) is 19.5. The van der Waals surface area contributed by atoms with Gasteiger partial charge < -0.3 is 4.90 Å². The molecule has 4 rings (SSSR count). The van der Waals surface area contributed by atoms with Gasteiger partial charge in [0.25, 0.3) is 5.56 Å². The molecule has 0 aliphatic heterocycles. The average Bonchev–Trinajstić information content (AvgIpc) is 3.22. The molecule has 0 radical (unpaired) electrons. The Bertz CT molecular complexity index is 1250. The largest absolute Gasteiger partial charge is 0.302 e. The molecule has 31 heavy (non-hydrogen) atoms. The fourth-order valence-electron chi connectivity index (χ4n) is 3.94. The van der Waals surface area contributed by atoms with Crippen molar-refractivity contribution in [2.24, 2.45) is 0 Å². The van der Waals surface area contributed by atoms with E-state index in [0.29, 0.717) is 6.54 Å². The molecule has 0 atom stereocenters. The van der Waals surface area contributed by atoms with Crippen LogP contribution >= 0.6 is 11.3 Å². The van der Waals surface area contributed by atoms with Crippen LogP contribution in [-0.4, -0.2) is 34.1 Å². The van der Waals surface area contributed by atoms with Gasteiger partial charge in [-0.05, 0) is 43.6 Å². The number of nitrogens with zero attached hydrogens (tertiary/aromatic N) is 3. The van der Waals surface area contributed by atoms with Crippen molar-refractivity contribution in [1.82, 2.24) is 14.5 Å². The van der Waals surface area contributed by atoms with Gasteiger partial charge in [-0.3, -0.25) is 9.36 Å². The van der Waals surface area contributed by atoms with E-state index in [1.165, 1.54) is 11.1 Å². The van der Waals surface area contributed by atoms with E-state index in [2.05, 4.69) is 56.2 Å². The summed E-state index contributed by atoms with van der Waals surface area (Å²) in [7, 11) is 0. The smallest absolute Gasteiger partial charge is 0.263 e. The first-order valence-corrected chi connectivity index (χ1v) is 11.8. The molecule has 4 nitrogen and oxygen atoms in total. The van der Waals surface area contributed by atoms with Crippen molar-refractivity contribution in [2.45, 2.75) is 34.2 Å². The quantitative estimate of drug-likeness (QED) is 0.374. The van der Waals surface area contributed by atoms with Gasteiger partial charge in [-0.15, -0.1) is 11.3 Å². The lowest BCUT2D eigenvalue weighted by molar-refractivity contribution is 0.289. The zero-order valence-electron chi connectivity index (χ0n) is 18.7. The molecule has 2 aromatic heterocycles. The normalized spacial score (nSPS) is 11.5. The molecule has 0 aliphatic rings. The van der Waals surface area contributed by atoms with E-state index in [1.54, 1.807) is 11.3 Å². The molecular formula is C26H29N3OS. The fraction of sp³-hybridized carbons (Fsp3) is 0.308. The van der Waals surface area contributed by atoms with Crippen LogP contribution in [0.5, 0.6) is 0 Å². The molecule has 5 heteroatoms. The summed E-state index contributed by atoms with van der Waals surface area (Å²) in [4.78, 5) is 22.0. The van der Waals surface area contributed by atoms with Crippen molar-refractivity contribution in [2.75, 3.05) is 19.6 Å². The van der Waals surface area contributed by atoms with Crippen molar-refractivity contribution in [3.05, 3.63) is 75.4 Å². The van der Waals surface area contributed by atoms with Gasteiger partial charge in [0.05, 0.1) is 5.39 Å². The van der Waals surface area contributed by atoms with Crippen LogP contribution in [0.1, 0.15) is 25.0 Å². The van der Waals surface area contributed by atoms with E-state index in [1.807, 2.05) is 34.9 Å².